The summed E-state index contributed by atoms with van der Waals surface area (Å²) in [7, 11) is 1.74. The van der Waals surface area contributed by atoms with E-state index in [0.29, 0.717) is 6.04 Å². The number of rotatable bonds is 4. The van der Waals surface area contributed by atoms with E-state index >= 15 is 0 Å². The fraction of sp³-hybridized carbons (Fsp3) is 0.600. The van der Waals surface area contributed by atoms with E-state index in [-0.39, 0.29) is 0 Å². The van der Waals surface area contributed by atoms with Crippen molar-refractivity contribution in [3.63, 3.8) is 0 Å². The molecule has 1 aromatic carbocycles. The van der Waals surface area contributed by atoms with E-state index < -0.39 is 0 Å². The van der Waals surface area contributed by atoms with Crippen LogP contribution >= 0.6 is 0 Å². The quantitative estimate of drug-likeness (QED) is 0.861. The lowest BCUT2D eigenvalue weighted by molar-refractivity contribution is 0.395. The maximum Gasteiger partial charge on any atom is 0.123 e. The van der Waals surface area contributed by atoms with Crippen molar-refractivity contribution in [1.82, 2.24) is 5.32 Å². The third-order valence-corrected chi connectivity index (χ3v) is 3.85. The molecule has 0 aromatic heterocycles. The van der Waals surface area contributed by atoms with Gasteiger partial charge in [0, 0.05) is 18.2 Å². The Hall–Kier alpha value is -1.02. The average molecular weight is 233 g/mol. The first-order valence-corrected chi connectivity index (χ1v) is 6.57. The highest BCUT2D eigenvalue weighted by molar-refractivity contribution is 5.36. The van der Waals surface area contributed by atoms with Crippen molar-refractivity contribution in [2.24, 2.45) is 5.92 Å². The lowest BCUT2D eigenvalue weighted by Gasteiger charge is -2.18. The molecule has 2 unspecified atom stereocenters. The number of hydrogen-bond donors (Lipinski definition) is 1. The van der Waals surface area contributed by atoms with Crippen molar-refractivity contribution in [2.75, 3.05) is 7.11 Å². The van der Waals surface area contributed by atoms with Gasteiger partial charge in [0.25, 0.3) is 0 Å². The summed E-state index contributed by atoms with van der Waals surface area (Å²) in [6.07, 6.45) is 4.04. The second-order valence-corrected chi connectivity index (χ2v) is 5.21. The van der Waals surface area contributed by atoms with Gasteiger partial charge < -0.3 is 10.1 Å². The number of nitrogens with one attached hydrogen (secondary N) is 1. The fourth-order valence-corrected chi connectivity index (χ4v) is 2.74. The number of ether oxygens (including phenoxy) is 1. The van der Waals surface area contributed by atoms with E-state index in [2.05, 4.69) is 37.4 Å². The van der Waals surface area contributed by atoms with E-state index in [9.17, 15) is 0 Å². The van der Waals surface area contributed by atoms with Crippen LogP contribution in [0.15, 0.2) is 18.2 Å². The van der Waals surface area contributed by atoms with Gasteiger partial charge in [0.2, 0.25) is 0 Å². The molecule has 2 atom stereocenters. The average Bonchev–Trinajstić information content (AvgIpc) is 2.72. The minimum atomic E-state index is 0.681. The predicted molar refractivity (Wildman–Crippen MR) is 71.4 cm³/mol. The summed E-state index contributed by atoms with van der Waals surface area (Å²) in [4.78, 5) is 0. The van der Waals surface area contributed by atoms with Crippen molar-refractivity contribution >= 4 is 0 Å². The first-order chi connectivity index (χ1) is 8.20. The zero-order valence-electron chi connectivity index (χ0n) is 11.1. The maximum atomic E-state index is 5.40. The molecule has 0 spiro atoms. The third kappa shape index (κ3) is 3.01. The summed E-state index contributed by atoms with van der Waals surface area (Å²) in [5.41, 5.74) is 2.56. The minimum Gasteiger partial charge on any atom is -0.496 e. The van der Waals surface area contributed by atoms with Crippen LogP contribution in [0.3, 0.4) is 0 Å². The van der Waals surface area contributed by atoms with E-state index in [1.807, 2.05) is 0 Å². The molecule has 2 nitrogen and oxygen atoms in total. The number of methoxy groups -OCH3 is 1. The van der Waals surface area contributed by atoms with Crippen LogP contribution in [0, 0.1) is 12.8 Å². The lowest BCUT2D eigenvalue weighted by atomic mass is 10.1. The Kier molecular flexibility index (Phi) is 4.06. The first-order valence-electron chi connectivity index (χ1n) is 6.57. The summed E-state index contributed by atoms with van der Waals surface area (Å²) < 4.78 is 5.40. The Bertz CT molecular complexity index is 375. The van der Waals surface area contributed by atoms with Crippen LogP contribution in [0.25, 0.3) is 0 Å². The lowest BCUT2D eigenvalue weighted by Crippen LogP contribution is -2.30. The second kappa shape index (κ2) is 5.54. The van der Waals surface area contributed by atoms with Crippen molar-refractivity contribution in [2.45, 2.75) is 45.7 Å². The summed E-state index contributed by atoms with van der Waals surface area (Å²) >= 11 is 0. The minimum absolute atomic E-state index is 0.681. The summed E-state index contributed by atoms with van der Waals surface area (Å²) in [5.74, 6) is 1.81. The SMILES string of the molecule is COc1ccc(C)cc1CNC1CCCC1C. The largest absolute Gasteiger partial charge is 0.496 e. The van der Waals surface area contributed by atoms with Gasteiger partial charge in [-0.2, -0.15) is 0 Å². The molecule has 1 aromatic rings. The van der Waals surface area contributed by atoms with Crippen LogP contribution in [0.5, 0.6) is 5.75 Å². The molecule has 0 bridgehead atoms. The third-order valence-electron chi connectivity index (χ3n) is 3.85. The molecule has 0 aliphatic heterocycles. The molecular weight excluding hydrogens is 210 g/mol. The molecular formula is C15H23NO. The second-order valence-electron chi connectivity index (χ2n) is 5.21. The topological polar surface area (TPSA) is 21.3 Å². The summed E-state index contributed by atoms with van der Waals surface area (Å²) in [5, 5.41) is 3.67. The van der Waals surface area contributed by atoms with Gasteiger partial charge in [-0.3, -0.25) is 0 Å². The molecule has 0 saturated heterocycles. The molecule has 1 N–H and O–H groups in total. The Morgan fingerprint density at radius 1 is 1.35 bits per heavy atom. The summed E-state index contributed by atoms with van der Waals surface area (Å²) in [6.45, 7) is 5.39. The molecule has 1 aliphatic carbocycles. The highest BCUT2D eigenvalue weighted by atomic mass is 16.5. The zero-order chi connectivity index (χ0) is 12.3. The molecule has 1 aliphatic rings. The van der Waals surface area contributed by atoms with Crippen LogP contribution in [-0.4, -0.2) is 13.2 Å². The maximum absolute atomic E-state index is 5.40. The van der Waals surface area contributed by atoms with Gasteiger partial charge in [0.05, 0.1) is 7.11 Å². The molecule has 2 rings (SSSR count). The van der Waals surface area contributed by atoms with Crippen LogP contribution < -0.4 is 10.1 Å². The summed E-state index contributed by atoms with van der Waals surface area (Å²) in [6, 6.07) is 7.05. The molecule has 94 valence electrons. The van der Waals surface area contributed by atoms with Crippen LogP contribution in [0.2, 0.25) is 0 Å². The Labute approximate surface area is 104 Å². The van der Waals surface area contributed by atoms with Crippen molar-refractivity contribution < 1.29 is 4.74 Å². The van der Waals surface area contributed by atoms with Gasteiger partial charge in [-0.05, 0) is 31.7 Å². The van der Waals surface area contributed by atoms with Crippen LogP contribution in [0.1, 0.15) is 37.3 Å². The molecule has 1 saturated carbocycles. The standard InChI is InChI=1S/C15H23NO/c1-11-7-8-15(17-3)13(9-11)10-16-14-6-4-5-12(14)2/h7-9,12,14,16H,4-6,10H2,1-3H3. The van der Waals surface area contributed by atoms with Gasteiger partial charge in [-0.1, -0.05) is 31.0 Å². The number of benzene rings is 1. The Morgan fingerprint density at radius 2 is 2.18 bits per heavy atom. The number of hydrogen-bond acceptors (Lipinski definition) is 2. The van der Waals surface area contributed by atoms with Gasteiger partial charge in [-0.15, -0.1) is 0 Å². The fourth-order valence-electron chi connectivity index (χ4n) is 2.74. The molecule has 0 amide bonds. The highest BCUT2D eigenvalue weighted by Gasteiger charge is 2.22. The highest BCUT2D eigenvalue weighted by Crippen LogP contribution is 2.26. The Morgan fingerprint density at radius 3 is 2.82 bits per heavy atom. The van der Waals surface area contributed by atoms with Gasteiger partial charge in [0.1, 0.15) is 5.75 Å². The van der Waals surface area contributed by atoms with Gasteiger partial charge >= 0.3 is 0 Å². The smallest absolute Gasteiger partial charge is 0.123 e. The van der Waals surface area contributed by atoms with E-state index in [1.165, 1.54) is 30.4 Å². The van der Waals surface area contributed by atoms with E-state index in [0.717, 1.165) is 18.2 Å². The molecule has 1 fully saturated rings. The van der Waals surface area contributed by atoms with Crippen LogP contribution in [0.4, 0.5) is 0 Å². The zero-order valence-corrected chi connectivity index (χ0v) is 11.1. The molecule has 17 heavy (non-hydrogen) atoms. The van der Waals surface area contributed by atoms with Gasteiger partial charge in [-0.25, -0.2) is 0 Å². The first kappa shape index (κ1) is 12.4. The normalized spacial score (nSPS) is 23.9. The van der Waals surface area contributed by atoms with Crippen molar-refractivity contribution in [1.29, 1.82) is 0 Å². The van der Waals surface area contributed by atoms with Crippen molar-refractivity contribution in [3.8, 4) is 5.75 Å². The van der Waals surface area contributed by atoms with E-state index in [4.69, 9.17) is 4.74 Å². The predicted octanol–water partition coefficient (Wildman–Crippen LogP) is 3.28. The monoisotopic (exact) mass is 233 g/mol. The number of aryl methyl sites for hydroxylation is 1. The van der Waals surface area contributed by atoms with Gasteiger partial charge in [0.15, 0.2) is 0 Å². The van der Waals surface area contributed by atoms with Crippen LogP contribution in [-0.2, 0) is 6.54 Å². The molecule has 2 heteroatoms. The van der Waals surface area contributed by atoms with E-state index in [1.54, 1.807) is 7.11 Å². The molecule has 0 radical (unpaired) electrons. The van der Waals surface area contributed by atoms with Crippen molar-refractivity contribution in [3.05, 3.63) is 29.3 Å². The molecule has 0 heterocycles. The Balaban J connectivity index is 2.00.